The highest BCUT2D eigenvalue weighted by Crippen LogP contribution is 2.28. The fourth-order valence-electron chi connectivity index (χ4n) is 2.20. The summed E-state index contributed by atoms with van der Waals surface area (Å²) in [4.78, 5) is 0. The van der Waals surface area contributed by atoms with Gasteiger partial charge in [0.15, 0.2) is 0 Å². The van der Waals surface area contributed by atoms with Crippen LogP contribution in [0.4, 0.5) is 0 Å². The third-order valence-electron chi connectivity index (χ3n) is 3.22. The third kappa shape index (κ3) is 2.67. The molecule has 0 fully saturated rings. The van der Waals surface area contributed by atoms with Crippen LogP contribution >= 0.6 is 11.6 Å². The van der Waals surface area contributed by atoms with E-state index in [1.54, 1.807) is 4.68 Å². The second-order valence-electron chi connectivity index (χ2n) is 4.64. The number of nitriles is 1. The molecule has 0 aliphatic carbocycles. The zero-order valence-electron chi connectivity index (χ0n) is 11.2. The van der Waals surface area contributed by atoms with E-state index in [0.717, 1.165) is 11.1 Å². The molecular weight excluding hydrogens is 282 g/mol. The van der Waals surface area contributed by atoms with E-state index in [9.17, 15) is 5.26 Å². The predicted molar refractivity (Wildman–Crippen MR) is 82.9 cm³/mol. The molecule has 102 valence electrons. The topological polar surface area (TPSA) is 41.6 Å². The molecule has 1 aromatic heterocycles. The van der Waals surface area contributed by atoms with E-state index in [0.29, 0.717) is 23.0 Å². The van der Waals surface area contributed by atoms with Crippen molar-refractivity contribution in [3.63, 3.8) is 0 Å². The SMILES string of the molecule is N#Cc1c(-c2ccccc2)nn(Cc2ccccc2)c1Cl. The van der Waals surface area contributed by atoms with Gasteiger partial charge in [-0.3, -0.25) is 0 Å². The van der Waals surface area contributed by atoms with Gasteiger partial charge in [-0.15, -0.1) is 0 Å². The molecule has 0 spiro atoms. The van der Waals surface area contributed by atoms with Crippen LogP contribution in [0.15, 0.2) is 60.7 Å². The summed E-state index contributed by atoms with van der Waals surface area (Å²) < 4.78 is 1.66. The maximum absolute atomic E-state index is 9.35. The van der Waals surface area contributed by atoms with E-state index in [1.165, 1.54) is 0 Å². The third-order valence-corrected chi connectivity index (χ3v) is 3.61. The van der Waals surface area contributed by atoms with Crippen molar-refractivity contribution in [2.45, 2.75) is 6.54 Å². The largest absolute Gasteiger partial charge is 0.248 e. The average molecular weight is 294 g/mol. The molecule has 0 saturated carbocycles. The normalized spacial score (nSPS) is 10.3. The molecule has 0 saturated heterocycles. The van der Waals surface area contributed by atoms with Crippen LogP contribution in [-0.4, -0.2) is 9.78 Å². The minimum Gasteiger partial charge on any atom is -0.248 e. The summed E-state index contributed by atoms with van der Waals surface area (Å²) in [7, 11) is 0. The Morgan fingerprint density at radius 2 is 1.62 bits per heavy atom. The molecule has 4 heteroatoms. The van der Waals surface area contributed by atoms with Crippen LogP contribution in [0, 0.1) is 11.3 Å². The second kappa shape index (κ2) is 5.82. The number of aromatic nitrogens is 2. The monoisotopic (exact) mass is 293 g/mol. The zero-order chi connectivity index (χ0) is 14.7. The Bertz CT molecular complexity index is 786. The minimum absolute atomic E-state index is 0.375. The van der Waals surface area contributed by atoms with Crippen LogP contribution in [0.5, 0.6) is 0 Å². The average Bonchev–Trinajstić information content (AvgIpc) is 2.85. The zero-order valence-corrected chi connectivity index (χ0v) is 12.0. The van der Waals surface area contributed by atoms with Gasteiger partial charge in [0.05, 0.1) is 6.54 Å². The van der Waals surface area contributed by atoms with Crippen molar-refractivity contribution in [2.75, 3.05) is 0 Å². The molecule has 0 aliphatic rings. The summed E-state index contributed by atoms with van der Waals surface area (Å²) in [5, 5.41) is 14.2. The van der Waals surface area contributed by atoms with E-state index >= 15 is 0 Å². The lowest BCUT2D eigenvalue weighted by Crippen LogP contribution is -2.01. The number of benzene rings is 2. The summed E-state index contributed by atoms with van der Waals surface area (Å²) in [6, 6.07) is 21.7. The van der Waals surface area contributed by atoms with E-state index < -0.39 is 0 Å². The molecule has 0 radical (unpaired) electrons. The van der Waals surface area contributed by atoms with Gasteiger partial charge >= 0.3 is 0 Å². The van der Waals surface area contributed by atoms with Crippen LogP contribution in [-0.2, 0) is 6.54 Å². The first-order valence-electron chi connectivity index (χ1n) is 6.55. The van der Waals surface area contributed by atoms with Crippen molar-refractivity contribution in [1.29, 1.82) is 5.26 Å². The summed E-state index contributed by atoms with van der Waals surface area (Å²) in [6.45, 7) is 0.543. The van der Waals surface area contributed by atoms with Gasteiger partial charge in [-0.2, -0.15) is 10.4 Å². The molecule has 21 heavy (non-hydrogen) atoms. The van der Waals surface area contributed by atoms with Crippen molar-refractivity contribution in [3.05, 3.63) is 76.9 Å². The number of hydrogen-bond acceptors (Lipinski definition) is 2. The van der Waals surface area contributed by atoms with Crippen molar-refractivity contribution in [2.24, 2.45) is 0 Å². The molecule has 0 amide bonds. The Hall–Kier alpha value is -2.57. The molecule has 0 aliphatic heterocycles. The summed E-state index contributed by atoms with van der Waals surface area (Å²) in [6.07, 6.45) is 0. The van der Waals surface area contributed by atoms with Crippen molar-refractivity contribution < 1.29 is 0 Å². The summed E-state index contributed by atoms with van der Waals surface area (Å²) >= 11 is 6.31. The van der Waals surface area contributed by atoms with Crippen molar-refractivity contribution in [3.8, 4) is 17.3 Å². The van der Waals surface area contributed by atoms with Gasteiger partial charge < -0.3 is 0 Å². The van der Waals surface area contributed by atoms with Crippen LogP contribution in [0.25, 0.3) is 11.3 Å². The van der Waals surface area contributed by atoms with Crippen LogP contribution in [0.2, 0.25) is 5.15 Å². The lowest BCUT2D eigenvalue weighted by molar-refractivity contribution is 0.690. The lowest BCUT2D eigenvalue weighted by atomic mass is 10.1. The van der Waals surface area contributed by atoms with Gasteiger partial charge in [0.2, 0.25) is 0 Å². The molecule has 3 aromatic rings. The summed E-state index contributed by atoms with van der Waals surface area (Å²) in [5.41, 5.74) is 3.02. The fraction of sp³-hybridized carbons (Fsp3) is 0.0588. The Labute approximate surface area is 128 Å². The Kier molecular flexibility index (Phi) is 3.72. The Balaban J connectivity index is 2.04. The first-order valence-corrected chi connectivity index (χ1v) is 6.93. The molecule has 0 atom stereocenters. The molecule has 3 nitrogen and oxygen atoms in total. The highest BCUT2D eigenvalue weighted by molar-refractivity contribution is 6.31. The fourth-order valence-corrected chi connectivity index (χ4v) is 2.43. The van der Waals surface area contributed by atoms with Gasteiger partial charge in [-0.1, -0.05) is 72.3 Å². The van der Waals surface area contributed by atoms with Crippen LogP contribution in [0.3, 0.4) is 0 Å². The predicted octanol–water partition coefficient (Wildman–Crippen LogP) is 4.12. The quantitative estimate of drug-likeness (QED) is 0.729. The van der Waals surface area contributed by atoms with Gasteiger partial charge in [-0.25, -0.2) is 4.68 Å². The van der Waals surface area contributed by atoms with E-state index in [2.05, 4.69) is 11.2 Å². The lowest BCUT2D eigenvalue weighted by Gasteiger charge is -2.02. The highest BCUT2D eigenvalue weighted by atomic mass is 35.5. The molecule has 0 bridgehead atoms. The number of halogens is 1. The minimum atomic E-state index is 0.375. The molecule has 1 heterocycles. The van der Waals surface area contributed by atoms with Crippen molar-refractivity contribution >= 4 is 11.6 Å². The smallest absolute Gasteiger partial charge is 0.145 e. The van der Waals surface area contributed by atoms with Gasteiger partial charge in [-0.05, 0) is 5.56 Å². The number of rotatable bonds is 3. The van der Waals surface area contributed by atoms with Crippen LogP contribution < -0.4 is 0 Å². The van der Waals surface area contributed by atoms with E-state index in [1.807, 2.05) is 60.7 Å². The molecule has 0 N–H and O–H groups in total. The second-order valence-corrected chi connectivity index (χ2v) is 4.99. The molecular formula is C17H12ClN3. The van der Waals surface area contributed by atoms with E-state index in [-0.39, 0.29) is 0 Å². The highest BCUT2D eigenvalue weighted by Gasteiger charge is 2.17. The van der Waals surface area contributed by atoms with E-state index in [4.69, 9.17) is 11.6 Å². The number of nitrogens with zero attached hydrogens (tertiary/aromatic N) is 3. The molecule has 2 aromatic carbocycles. The Morgan fingerprint density at radius 3 is 2.24 bits per heavy atom. The molecule has 0 unspecified atom stereocenters. The first-order chi connectivity index (χ1) is 10.3. The number of hydrogen-bond donors (Lipinski definition) is 0. The maximum atomic E-state index is 9.35. The van der Waals surface area contributed by atoms with Gasteiger partial charge in [0.1, 0.15) is 22.5 Å². The van der Waals surface area contributed by atoms with Crippen molar-refractivity contribution in [1.82, 2.24) is 9.78 Å². The maximum Gasteiger partial charge on any atom is 0.145 e. The van der Waals surface area contributed by atoms with Gasteiger partial charge in [0.25, 0.3) is 0 Å². The summed E-state index contributed by atoms with van der Waals surface area (Å²) in [5.74, 6) is 0. The molecule has 3 rings (SSSR count). The standard InChI is InChI=1S/C17H12ClN3/c18-17-15(11-19)16(14-9-5-2-6-10-14)20-21(17)12-13-7-3-1-4-8-13/h1-10H,12H2. The first kappa shape index (κ1) is 13.4. The van der Waals surface area contributed by atoms with Crippen LogP contribution in [0.1, 0.15) is 11.1 Å². The van der Waals surface area contributed by atoms with Gasteiger partial charge in [0, 0.05) is 5.56 Å². The Morgan fingerprint density at radius 1 is 1.00 bits per heavy atom.